The Morgan fingerprint density at radius 1 is 1.15 bits per heavy atom. The Labute approximate surface area is 157 Å². The lowest BCUT2D eigenvalue weighted by atomic mass is 10.1. The quantitative estimate of drug-likeness (QED) is 0.427. The van der Waals surface area contributed by atoms with Crippen LogP contribution in [-0.4, -0.2) is 23.2 Å². The molecule has 27 heavy (non-hydrogen) atoms. The Bertz CT molecular complexity index is 844. The first-order valence-corrected chi connectivity index (χ1v) is 8.58. The molecule has 0 spiro atoms. The summed E-state index contributed by atoms with van der Waals surface area (Å²) in [6.45, 7) is 5.21. The number of nitrogens with one attached hydrogen (secondary N) is 1. The Kier molecular flexibility index (Phi) is 6.65. The number of rotatable bonds is 8. The molecule has 0 radical (unpaired) electrons. The topological polar surface area (TPSA) is 98.5 Å². The molecule has 7 nitrogen and oxygen atoms in total. The van der Waals surface area contributed by atoms with Gasteiger partial charge in [-0.1, -0.05) is 26.0 Å². The van der Waals surface area contributed by atoms with Gasteiger partial charge in [0, 0.05) is 23.2 Å². The van der Waals surface area contributed by atoms with E-state index in [1.165, 1.54) is 6.07 Å². The zero-order valence-corrected chi connectivity index (χ0v) is 15.5. The van der Waals surface area contributed by atoms with E-state index in [-0.39, 0.29) is 35.7 Å². The van der Waals surface area contributed by atoms with Crippen LogP contribution in [0.3, 0.4) is 0 Å². The summed E-state index contributed by atoms with van der Waals surface area (Å²) in [5.41, 5.74) is 1.32. The molecule has 2 aromatic rings. The van der Waals surface area contributed by atoms with Crippen LogP contribution in [0.4, 0.5) is 11.4 Å². The van der Waals surface area contributed by atoms with Gasteiger partial charge in [0.1, 0.15) is 0 Å². The minimum atomic E-state index is -0.524. The van der Waals surface area contributed by atoms with Crippen molar-refractivity contribution in [2.24, 2.45) is 5.92 Å². The fraction of sp³-hybridized carbons (Fsp3) is 0.300. The number of hydrogen-bond donors (Lipinski definition) is 1. The van der Waals surface area contributed by atoms with Crippen molar-refractivity contribution in [1.29, 1.82) is 0 Å². The molecule has 0 aliphatic carbocycles. The number of nitro groups is 1. The smallest absolute Gasteiger partial charge is 0.313 e. The highest BCUT2D eigenvalue weighted by Gasteiger charge is 2.19. The van der Waals surface area contributed by atoms with Crippen LogP contribution in [0.15, 0.2) is 42.5 Å². The maximum absolute atomic E-state index is 12.3. The Morgan fingerprint density at radius 3 is 2.41 bits per heavy atom. The predicted octanol–water partition coefficient (Wildman–Crippen LogP) is 4.15. The fourth-order valence-electron chi connectivity index (χ4n) is 2.53. The third-order valence-electron chi connectivity index (χ3n) is 3.83. The van der Waals surface area contributed by atoms with Crippen molar-refractivity contribution in [1.82, 2.24) is 0 Å². The summed E-state index contributed by atoms with van der Waals surface area (Å²) in [4.78, 5) is 34.7. The molecule has 2 aromatic carbocycles. The van der Waals surface area contributed by atoms with E-state index in [0.29, 0.717) is 23.2 Å². The molecule has 0 aromatic heterocycles. The van der Waals surface area contributed by atoms with Crippen LogP contribution in [0.5, 0.6) is 5.75 Å². The van der Waals surface area contributed by atoms with Gasteiger partial charge in [0.2, 0.25) is 5.91 Å². The van der Waals surface area contributed by atoms with Crippen molar-refractivity contribution < 1.29 is 19.2 Å². The van der Waals surface area contributed by atoms with Crippen LogP contribution in [0.25, 0.3) is 0 Å². The van der Waals surface area contributed by atoms with E-state index in [1.807, 2.05) is 13.8 Å². The average molecular weight is 370 g/mol. The van der Waals surface area contributed by atoms with Gasteiger partial charge in [0.15, 0.2) is 18.1 Å². The van der Waals surface area contributed by atoms with Crippen molar-refractivity contribution in [3.63, 3.8) is 0 Å². The molecule has 142 valence electrons. The van der Waals surface area contributed by atoms with Gasteiger partial charge in [-0.15, -0.1) is 0 Å². The molecule has 0 heterocycles. The molecule has 0 atom stereocenters. The molecule has 0 saturated carbocycles. The number of Topliss-reactive ketones (excluding diaryl/α,β-unsaturated/α-hetero) is 1. The molecule has 0 fully saturated rings. The first kappa shape index (κ1) is 20.1. The summed E-state index contributed by atoms with van der Waals surface area (Å²) in [6, 6.07) is 11.2. The maximum Gasteiger partial charge on any atom is 0.313 e. The van der Waals surface area contributed by atoms with Gasteiger partial charge in [-0.3, -0.25) is 19.7 Å². The fourth-order valence-corrected chi connectivity index (χ4v) is 2.53. The number of anilines is 1. The zero-order chi connectivity index (χ0) is 20.0. The van der Waals surface area contributed by atoms with E-state index in [9.17, 15) is 19.7 Å². The molecule has 7 heteroatoms. The zero-order valence-electron chi connectivity index (χ0n) is 15.5. The second-order valence-corrected chi connectivity index (χ2v) is 6.61. The van der Waals surface area contributed by atoms with Crippen molar-refractivity contribution in [2.75, 3.05) is 11.9 Å². The van der Waals surface area contributed by atoms with E-state index in [2.05, 4.69) is 5.32 Å². The number of hydrogen-bond acceptors (Lipinski definition) is 5. The van der Waals surface area contributed by atoms with E-state index >= 15 is 0 Å². The molecule has 2 rings (SSSR count). The molecular formula is C20H22N2O5. The second-order valence-electron chi connectivity index (χ2n) is 6.61. The summed E-state index contributed by atoms with van der Waals surface area (Å²) >= 11 is 0. The second kappa shape index (κ2) is 8.93. The van der Waals surface area contributed by atoms with E-state index in [4.69, 9.17) is 4.74 Å². The van der Waals surface area contributed by atoms with Crippen LogP contribution in [0, 0.1) is 23.0 Å². The largest absolute Gasteiger partial charge is 0.478 e. The van der Waals surface area contributed by atoms with Crippen LogP contribution in [0.1, 0.15) is 36.2 Å². The van der Waals surface area contributed by atoms with E-state index in [1.54, 1.807) is 43.3 Å². The molecular weight excluding hydrogens is 348 g/mol. The van der Waals surface area contributed by atoms with Gasteiger partial charge < -0.3 is 10.1 Å². The lowest BCUT2D eigenvalue weighted by Crippen LogP contribution is -2.15. The number of carbonyl (C=O) groups is 2. The van der Waals surface area contributed by atoms with Crippen LogP contribution in [-0.2, 0) is 4.79 Å². The average Bonchev–Trinajstić information content (AvgIpc) is 2.59. The summed E-state index contributed by atoms with van der Waals surface area (Å²) in [7, 11) is 0. The first-order valence-electron chi connectivity index (χ1n) is 8.58. The van der Waals surface area contributed by atoms with Gasteiger partial charge in [-0.2, -0.15) is 0 Å². The highest BCUT2D eigenvalue weighted by Crippen LogP contribution is 2.30. The minimum Gasteiger partial charge on any atom is -0.478 e. The standard InChI is InChI=1S/C20H22N2O5/c1-13(2)11-19(24)21-16-9-7-15(8-10-16)17(23)12-27-18-6-4-5-14(3)20(18)22(25)26/h4-10,13H,11-12H2,1-3H3,(H,21,24). The SMILES string of the molecule is Cc1cccc(OCC(=O)c2ccc(NC(=O)CC(C)C)cc2)c1[N+](=O)[O-]. The highest BCUT2D eigenvalue weighted by molar-refractivity contribution is 5.98. The Morgan fingerprint density at radius 2 is 1.81 bits per heavy atom. The number of nitrogens with zero attached hydrogens (tertiary/aromatic N) is 1. The molecule has 0 unspecified atom stereocenters. The lowest BCUT2D eigenvalue weighted by Gasteiger charge is -2.09. The first-order chi connectivity index (χ1) is 12.8. The van der Waals surface area contributed by atoms with Crippen molar-refractivity contribution >= 4 is 23.1 Å². The Hall–Kier alpha value is -3.22. The number of para-hydroxylation sites is 1. The number of benzene rings is 2. The van der Waals surface area contributed by atoms with Gasteiger partial charge >= 0.3 is 5.69 Å². The van der Waals surface area contributed by atoms with Crippen molar-refractivity contribution in [2.45, 2.75) is 27.2 Å². The van der Waals surface area contributed by atoms with Gasteiger partial charge in [-0.25, -0.2) is 0 Å². The van der Waals surface area contributed by atoms with Crippen molar-refractivity contribution in [3.05, 3.63) is 63.7 Å². The molecule has 1 N–H and O–H groups in total. The number of aryl methyl sites for hydroxylation is 1. The van der Waals surface area contributed by atoms with Gasteiger partial charge in [0.25, 0.3) is 0 Å². The minimum absolute atomic E-state index is 0.0610. The number of ketones is 1. The summed E-state index contributed by atoms with van der Waals surface area (Å²) < 4.78 is 5.37. The van der Waals surface area contributed by atoms with Gasteiger partial charge in [0.05, 0.1) is 4.92 Å². The number of ether oxygens (including phenoxy) is 1. The monoisotopic (exact) mass is 370 g/mol. The number of amides is 1. The van der Waals surface area contributed by atoms with Crippen LogP contribution in [0.2, 0.25) is 0 Å². The van der Waals surface area contributed by atoms with E-state index in [0.717, 1.165) is 0 Å². The number of nitro benzene ring substituents is 1. The molecule has 0 saturated heterocycles. The summed E-state index contributed by atoms with van der Waals surface area (Å²) in [5.74, 6) is -0.0790. The van der Waals surface area contributed by atoms with Crippen LogP contribution < -0.4 is 10.1 Å². The maximum atomic E-state index is 12.3. The summed E-state index contributed by atoms with van der Waals surface area (Å²) in [6.07, 6.45) is 0.420. The molecule has 0 aliphatic heterocycles. The van der Waals surface area contributed by atoms with E-state index < -0.39 is 4.92 Å². The van der Waals surface area contributed by atoms with Crippen LogP contribution >= 0.6 is 0 Å². The molecule has 1 amide bonds. The third-order valence-corrected chi connectivity index (χ3v) is 3.83. The lowest BCUT2D eigenvalue weighted by molar-refractivity contribution is -0.386. The number of carbonyl (C=O) groups excluding carboxylic acids is 2. The normalized spacial score (nSPS) is 10.5. The predicted molar refractivity (Wildman–Crippen MR) is 102 cm³/mol. The third kappa shape index (κ3) is 5.64. The molecule has 0 bridgehead atoms. The Balaban J connectivity index is 2.00. The van der Waals surface area contributed by atoms with Gasteiger partial charge in [-0.05, 0) is 43.2 Å². The summed E-state index contributed by atoms with van der Waals surface area (Å²) in [5, 5.41) is 13.9. The molecule has 0 aliphatic rings. The van der Waals surface area contributed by atoms with Crippen molar-refractivity contribution in [3.8, 4) is 5.75 Å². The highest BCUT2D eigenvalue weighted by atomic mass is 16.6.